The van der Waals surface area contributed by atoms with Crippen LogP contribution in [-0.2, 0) is 28.5 Å². The third-order valence-corrected chi connectivity index (χ3v) is 7.53. The van der Waals surface area contributed by atoms with Gasteiger partial charge in [0.25, 0.3) is 0 Å². The third kappa shape index (κ3) is 12.3. The Morgan fingerprint density at radius 3 is 1.38 bits per heavy atom. The molecule has 0 aliphatic rings. The van der Waals surface area contributed by atoms with Crippen molar-refractivity contribution in [2.75, 3.05) is 39.6 Å². The summed E-state index contributed by atoms with van der Waals surface area (Å²) >= 11 is 0. The van der Waals surface area contributed by atoms with Crippen LogP contribution in [0.5, 0.6) is 11.5 Å². The van der Waals surface area contributed by atoms with E-state index in [4.69, 9.17) is 28.4 Å². The maximum atomic E-state index is 12.6. The minimum absolute atomic E-state index is 0.107. The van der Waals surface area contributed by atoms with Crippen LogP contribution in [0.3, 0.4) is 0 Å². The molecule has 48 heavy (non-hydrogen) atoms. The van der Waals surface area contributed by atoms with Crippen molar-refractivity contribution in [3.05, 3.63) is 71.8 Å². The molecule has 2 unspecified atom stereocenters. The van der Waals surface area contributed by atoms with Crippen LogP contribution in [0.2, 0.25) is 0 Å². The van der Waals surface area contributed by atoms with Gasteiger partial charge in [-0.15, -0.1) is 0 Å². The lowest BCUT2D eigenvalue weighted by molar-refractivity contribution is -0.154. The van der Waals surface area contributed by atoms with Crippen LogP contribution in [0, 0.1) is 13.8 Å². The Bertz CT molecular complexity index is 1430. The van der Waals surface area contributed by atoms with E-state index in [1.54, 1.807) is 0 Å². The summed E-state index contributed by atoms with van der Waals surface area (Å²) in [6, 6.07) is 12.2. The number of hydrogen-bond acceptors (Lipinski definition) is 8. The van der Waals surface area contributed by atoms with Gasteiger partial charge in [0.05, 0.1) is 26.4 Å². The van der Waals surface area contributed by atoms with Crippen molar-refractivity contribution in [1.82, 2.24) is 0 Å². The molecule has 0 heterocycles. The summed E-state index contributed by atoms with van der Waals surface area (Å²) in [5.41, 5.74) is 3.86. The first-order chi connectivity index (χ1) is 23.0. The maximum absolute atomic E-state index is 12.6. The van der Waals surface area contributed by atoms with Crippen molar-refractivity contribution in [2.45, 2.75) is 92.3 Å². The molecule has 3 aromatic carbocycles. The fourth-order valence-corrected chi connectivity index (χ4v) is 5.14. The molecule has 8 nitrogen and oxygen atoms in total. The van der Waals surface area contributed by atoms with E-state index < -0.39 is 12.2 Å². The van der Waals surface area contributed by atoms with Crippen molar-refractivity contribution in [3.63, 3.8) is 0 Å². The molecule has 0 radical (unpaired) electrons. The van der Waals surface area contributed by atoms with Gasteiger partial charge in [-0.25, -0.2) is 0 Å². The Morgan fingerprint density at radius 2 is 1.02 bits per heavy atom. The fraction of sp³-hybridized carbons (Fsp3) is 0.500. The van der Waals surface area contributed by atoms with Gasteiger partial charge in [-0.05, 0) is 52.7 Å². The average Bonchev–Trinajstić information content (AvgIpc) is 3.03. The largest absolute Gasteiger partial charge is 0.488 e. The van der Waals surface area contributed by atoms with Gasteiger partial charge in [-0.3, -0.25) is 9.59 Å². The van der Waals surface area contributed by atoms with Crippen molar-refractivity contribution in [3.8, 4) is 11.5 Å². The van der Waals surface area contributed by atoms with Crippen LogP contribution >= 0.6 is 0 Å². The Hall–Kier alpha value is -3.88. The van der Waals surface area contributed by atoms with Gasteiger partial charge in [0.15, 0.2) is 12.2 Å². The van der Waals surface area contributed by atoms with E-state index in [1.165, 1.54) is 0 Å². The average molecular weight is 663 g/mol. The highest BCUT2D eigenvalue weighted by Gasteiger charge is 2.23. The number of carbonyl (C=O) groups excluding carboxylic acids is 2. The fourth-order valence-electron chi connectivity index (χ4n) is 5.14. The monoisotopic (exact) mass is 662 g/mol. The zero-order chi connectivity index (χ0) is 35.1. The molecule has 2 atom stereocenters. The number of ether oxygens (including phenoxy) is 6. The summed E-state index contributed by atoms with van der Waals surface area (Å²) in [5.74, 6) is 0.786. The van der Waals surface area contributed by atoms with E-state index in [2.05, 4.69) is 25.3 Å². The van der Waals surface area contributed by atoms with Crippen LogP contribution in [-0.4, -0.2) is 63.8 Å². The second kappa shape index (κ2) is 19.8. The number of benzene rings is 3. The quantitative estimate of drug-likeness (QED) is 0.0600. The zero-order valence-electron chi connectivity index (χ0n) is 29.8. The molecule has 0 aliphatic carbocycles. The summed E-state index contributed by atoms with van der Waals surface area (Å²) in [4.78, 5) is 25.2. The van der Waals surface area contributed by atoms with Crippen molar-refractivity contribution < 1.29 is 38.0 Å². The van der Waals surface area contributed by atoms with Crippen molar-refractivity contribution >= 4 is 33.5 Å². The summed E-state index contributed by atoms with van der Waals surface area (Å²) in [6.07, 6.45) is 2.79. The third-order valence-electron chi connectivity index (χ3n) is 7.53. The van der Waals surface area contributed by atoms with E-state index in [1.807, 2.05) is 65.8 Å². The predicted octanol–water partition coefficient (Wildman–Crippen LogP) is 8.76. The normalized spacial score (nSPS) is 12.5. The zero-order valence-corrected chi connectivity index (χ0v) is 29.8. The number of aryl methyl sites for hydroxylation is 2. The molecule has 8 heteroatoms. The van der Waals surface area contributed by atoms with Gasteiger partial charge < -0.3 is 28.4 Å². The molecule has 0 saturated carbocycles. The second-order valence-electron chi connectivity index (χ2n) is 12.8. The Kier molecular flexibility index (Phi) is 15.9. The van der Waals surface area contributed by atoms with Gasteiger partial charge in [-0.1, -0.05) is 86.4 Å². The molecule has 0 saturated heterocycles. The maximum Gasteiger partial charge on any atom is 0.306 e. The lowest BCUT2D eigenvalue weighted by atomic mass is 9.97. The highest BCUT2D eigenvalue weighted by Crippen LogP contribution is 2.43. The molecule has 3 aromatic rings. The van der Waals surface area contributed by atoms with Gasteiger partial charge in [0.1, 0.15) is 24.7 Å². The summed E-state index contributed by atoms with van der Waals surface area (Å²) in [5, 5.41) is 3.41. The number of carbonyl (C=O) groups is 2. The van der Waals surface area contributed by atoms with E-state index in [0.29, 0.717) is 37.6 Å². The van der Waals surface area contributed by atoms with Gasteiger partial charge in [0, 0.05) is 34.4 Å². The number of fused-ring (bicyclic) bond motifs is 2. The predicted molar refractivity (Wildman–Crippen MR) is 192 cm³/mol. The first kappa shape index (κ1) is 38.6. The lowest BCUT2D eigenvalue weighted by Gasteiger charge is -2.23. The molecule has 262 valence electrons. The molecular weight excluding hydrogens is 608 g/mol. The van der Waals surface area contributed by atoms with Crippen LogP contribution in [0.1, 0.15) is 77.3 Å². The van der Waals surface area contributed by atoms with Crippen LogP contribution in [0.4, 0.5) is 0 Å². The smallest absolute Gasteiger partial charge is 0.306 e. The van der Waals surface area contributed by atoms with Crippen molar-refractivity contribution in [2.24, 2.45) is 0 Å². The molecular formula is C40H54O8. The Balaban J connectivity index is 1.99. The lowest BCUT2D eigenvalue weighted by Crippen LogP contribution is -2.30. The Morgan fingerprint density at radius 1 is 0.625 bits per heavy atom. The number of hydrogen-bond donors (Lipinski definition) is 0. The molecule has 3 rings (SSSR count). The highest BCUT2D eigenvalue weighted by atomic mass is 16.6. The molecule has 0 fully saturated rings. The van der Waals surface area contributed by atoms with E-state index in [0.717, 1.165) is 69.5 Å². The van der Waals surface area contributed by atoms with Gasteiger partial charge >= 0.3 is 11.9 Å². The number of esters is 2. The van der Waals surface area contributed by atoms with Gasteiger partial charge in [0.2, 0.25) is 0 Å². The van der Waals surface area contributed by atoms with E-state index >= 15 is 0 Å². The minimum Gasteiger partial charge on any atom is -0.488 e. The second-order valence-corrected chi connectivity index (χ2v) is 12.8. The SMILES string of the molecule is C=C(C)COCC(COc1c2ccc(C)cc2c(OCC(COCC(=C)C)OC(=O)CCCC)c2ccc(C)cc12)OC(=O)CCCC. The van der Waals surface area contributed by atoms with Crippen LogP contribution in [0.25, 0.3) is 21.5 Å². The molecule has 0 aromatic heterocycles. The molecule has 0 amide bonds. The first-order valence-electron chi connectivity index (χ1n) is 17.1. The van der Waals surface area contributed by atoms with Crippen LogP contribution in [0.15, 0.2) is 60.7 Å². The summed E-state index contributed by atoms with van der Waals surface area (Å²) in [6.45, 7) is 21.0. The van der Waals surface area contributed by atoms with Gasteiger partial charge in [-0.2, -0.15) is 0 Å². The summed E-state index contributed by atoms with van der Waals surface area (Å²) < 4.78 is 36.4. The summed E-state index contributed by atoms with van der Waals surface area (Å²) in [7, 11) is 0. The number of unbranched alkanes of at least 4 members (excludes halogenated alkanes) is 2. The Labute approximate surface area is 286 Å². The highest BCUT2D eigenvalue weighted by molar-refractivity contribution is 6.11. The molecule has 0 spiro atoms. The minimum atomic E-state index is -0.604. The standard InChI is InChI=1S/C40H54O8/c1-9-11-13-37(41)47-31(23-43-21-27(3)4)25-45-39-33-17-15-30(8)20-36(33)40(34-18-16-29(7)19-35(34)39)46-26-32(24-44-22-28(5)6)48-38(42)14-12-10-2/h15-20,31-32H,3,5,9-14,21-26H2,1-2,4,6-8H3. The molecule has 0 aliphatic heterocycles. The van der Waals surface area contributed by atoms with Crippen LogP contribution < -0.4 is 9.47 Å². The van der Waals surface area contributed by atoms with Crippen molar-refractivity contribution in [1.29, 1.82) is 0 Å². The topological polar surface area (TPSA) is 89.5 Å². The molecule has 0 N–H and O–H groups in total. The number of rotatable bonds is 22. The molecule has 0 bridgehead atoms. The van der Waals surface area contributed by atoms with E-state index in [-0.39, 0.29) is 38.4 Å². The van der Waals surface area contributed by atoms with E-state index in [9.17, 15) is 9.59 Å². The first-order valence-corrected chi connectivity index (χ1v) is 17.1.